The number of carbonyl (C=O) groups is 2. The zero-order valence-electron chi connectivity index (χ0n) is 14.0. The Kier molecular flexibility index (Phi) is 3.89. The molecule has 7 nitrogen and oxygen atoms in total. The lowest BCUT2D eigenvalue weighted by atomic mass is 10.0. The lowest BCUT2D eigenvalue weighted by Crippen LogP contribution is -2.45. The van der Waals surface area contributed by atoms with Crippen LogP contribution in [0.15, 0.2) is 65.4 Å². The van der Waals surface area contributed by atoms with Crippen LogP contribution in [0.5, 0.6) is 0 Å². The molecule has 26 heavy (non-hydrogen) atoms. The van der Waals surface area contributed by atoms with Crippen LogP contribution < -0.4 is 15.5 Å². The van der Waals surface area contributed by atoms with Gasteiger partial charge in [-0.3, -0.25) is 9.59 Å². The third-order valence-corrected chi connectivity index (χ3v) is 4.27. The van der Waals surface area contributed by atoms with Gasteiger partial charge < -0.3 is 20.0 Å². The summed E-state index contributed by atoms with van der Waals surface area (Å²) in [5, 5.41) is 5.80. The van der Waals surface area contributed by atoms with Crippen LogP contribution in [0.2, 0.25) is 0 Å². The zero-order valence-corrected chi connectivity index (χ0v) is 14.0. The van der Waals surface area contributed by atoms with Crippen molar-refractivity contribution < 1.29 is 14.0 Å². The molecule has 3 aromatic rings. The van der Waals surface area contributed by atoms with Gasteiger partial charge in [0.25, 0.3) is 11.8 Å². The normalized spacial score (nSPS) is 16.0. The molecule has 0 fully saturated rings. The molecule has 1 atom stereocenters. The molecule has 0 saturated heterocycles. The summed E-state index contributed by atoms with van der Waals surface area (Å²) in [6, 6.07) is 14.0. The average molecular weight is 348 g/mol. The number of hydrogen-bond acceptors (Lipinski definition) is 5. The van der Waals surface area contributed by atoms with E-state index in [4.69, 9.17) is 4.42 Å². The maximum Gasteiger partial charge on any atom is 0.291 e. The van der Waals surface area contributed by atoms with Crippen molar-refractivity contribution in [1.29, 1.82) is 0 Å². The van der Waals surface area contributed by atoms with E-state index >= 15 is 0 Å². The van der Waals surface area contributed by atoms with Crippen LogP contribution in [-0.2, 0) is 0 Å². The Balaban J connectivity index is 1.69. The van der Waals surface area contributed by atoms with Crippen LogP contribution >= 0.6 is 0 Å². The summed E-state index contributed by atoms with van der Waals surface area (Å²) in [4.78, 5) is 31.0. The summed E-state index contributed by atoms with van der Waals surface area (Å²) in [5.74, 6) is 0.246. The van der Waals surface area contributed by atoms with Crippen molar-refractivity contribution in [3.8, 4) is 0 Å². The summed E-state index contributed by atoms with van der Waals surface area (Å²) >= 11 is 0. The van der Waals surface area contributed by atoms with Crippen LogP contribution in [0.3, 0.4) is 0 Å². The monoisotopic (exact) mass is 348 g/mol. The molecule has 7 heteroatoms. The fourth-order valence-corrected chi connectivity index (χ4v) is 3.00. The molecule has 1 aliphatic heterocycles. The largest absolute Gasteiger partial charge is 0.459 e. The van der Waals surface area contributed by atoms with Crippen molar-refractivity contribution in [2.24, 2.45) is 0 Å². The Labute approximate surface area is 149 Å². The second-order valence-corrected chi connectivity index (χ2v) is 5.88. The molecule has 0 aliphatic carbocycles. The van der Waals surface area contributed by atoms with Gasteiger partial charge in [0.15, 0.2) is 5.76 Å². The summed E-state index contributed by atoms with van der Waals surface area (Å²) in [6.45, 7) is 0. The number of benzene rings is 1. The lowest BCUT2D eigenvalue weighted by Gasteiger charge is -2.36. The van der Waals surface area contributed by atoms with E-state index in [1.165, 1.54) is 6.26 Å². The van der Waals surface area contributed by atoms with Crippen molar-refractivity contribution in [2.75, 3.05) is 17.3 Å². The highest BCUT2D eigenvalue weighted by Crippen LogP contribution is 2.33. The van der Waals surface area contributed by atoms with Gasteiger partial charge in [-0.2, -0.15) is 0 Å². The molecule has 0 radical (unpaired) electrons. The topological polar surface area (TPSA) is 87.5 Å². The third-order valence-electron chi connectivity index (χ3n) is 4.27. The van der Waals surface area contributed by atoms with E-state index in [1.54, 1.807) is 36.5 Å². The molecule has 2 N–H and O–H groups in total. The van der Waals surface area contributed by atoms with Crippen molar-refractivity contribution in [3.05, 3.63) is 77.9 Å². The molecule has 2 aromatic heterocycles. The fourth-order valence-electron chi connectivity index (χ4n) is 3.00. The van der Waals surface area contributed by atoms with Gasteiger partial charge in [-0.15, -0.1) is 0 Å². The maximum absolute atomic E-state index is 12.5. The van der Waals surface area contributed by atoms with Gasteiger partial charge in [0.2, 0.25) is 0 Å². The Morgan fingerprint density at radius 2 is 2.04 bits per heavy atom. The molecule has 0 spiro atoms. The molecule has 4 rings (SSSR count). The minimum absolute atomic E-state index is 0.205. The number of amides is 2. The summed E-state index contributed by atoms with van der Waals surface area (Å²) < 4.78 is 5.14. The number of fused-ring (bicyclic) bond motifs is 1. The maximum atomic E-state index is 12.5. The SMILES string of the molecule is CN1c2ncccc2C(=O)N[C@@H]1c1ccccc1NC(=O)c1ccco1. The quantitative estimate of drug-likeness (QED) is 0.760. The zero-order chi connectivity index (χ0) is 18.1. The Morgan fingerprint density at radius 1 is 1.19 bits per heavy atom. The number of anilines is 2. The number of nitrogens with one attached hydrogen (secondary N) is 2. The van der Waals surface area contributed by atoms with Gasteiger partial charge in [-0.05, 0) is 30.3 Å². The van der Waals surface area contributed by atoms with Crippen molar-refractivity contribution in [1.82, 2.24) is 10.3 Å². The first-order valence-corrected chi connectivity index (χ1v) is 8.07. The summed E-state index contributed by atoms with van der Waals surface area (Å²) in [7, 11) is 1.85. The molecular formula is C19H16N4O3. The first-order chi connectivity index (χ1) is 12.6. The van der Waals surface area contributed by atoms with Gasteiger partial charge in [0.05, 0.1) is 11.8 Å². The van der Waals surface area contributed by atoms with Gasteiger partial charge >= 0.3 is 0 Å². The summed E-state index contributed by atoms with van der Waals surface area (Å²) in [5.41, 5.74) is 1.85. The van der Waals surface area contributed by atoms with Crippen molar-refractivity contribution in [2.45, 2.75) is 6.17 Å². The second-order valence-electron chi connectivity index (χ2n) is 5.88. The fraction of sp³-hybridized carbons (Fsp3) is 0.105. The minimum atomic E-state index is -0.460. The van der Waals surface area contributed by atoms with Crippen molar-refractivity contribution in [3.63, 3.8) is 0 Å². The van der Waals surface area contributed by atoms with Crippen LogP contribution in [0.1, 0.15) is 32.6 Å². The van der Waals surface area contributed by atoms with Crippen molar-refractivity contribution >= 4 is 23.3 Å². The molecular weight excluding hydrogens is 332 g/mol. The highest BCUT2D eigenvalue weighted by molar-refractivity contribution is 6.03. The Bertz CT molecular complexity index is 968. The van der Waals surface area contributed by atoms with E-state index < -0.39 is 6.17 Å². The number of furan rings is 1. The Hall–Kier alpha value is -3.61. The molecule has 3 heterocycles. The highest BCUT2D eigenvalue weighted by atomic mass is 16.3. The number of carbonyl (C=O) groups excluding carboxylic acids is 2. The molecule has 0 unspecified atom stereocenters. The number of rotatable bonds is 3. The number of pyridine rings is 1. The summed E-state index contributed by atoms with van der Waals surface area (Å²) in [6.07, 6.45) is 2.63. The van der Waals surface area contributed by atoms with E-state index in [1.807, 2.05) is 30.1 Å². The van der Waals surface area contributed by atoms with Gasteiger partial charge in [-0.1, -0.05) is 18.2 Å². The molecule has 1 aromatic carbocycles. The predicted octanol–water partition coefficient (Wildman–Crippen LogP) is 2.81. The first kappa shape index (κ1) is 15.9. The predicted molar refractivity (Wildman–Crippen MR) is 96.0 cm³/mol. The molecule has 0 saturated carbocycles. The van der Waals surface area contributed by atoms with Gasteiger partial charge in [-0.25, -0.2) is 4.98 Å². The average Bonchev–Trinajstić information content (AvgIpc) is 3.20. The lowest BCUT2D eigenvalue weighted by molar-refractivity contribution is 0.0927. The van der Waals surface area contributed by atoms with E-state index in [2.05, 4.69) is 15.6 Å². The standard InChI is InChI=1S/C19H16N4O3/c1-23-16-13(7-4-10-20-16)18(24)22-17(23)12-6-2-3-8-14(12)21-19(25)15-9-5-11-26-15/h2-11,17H,1H3,(H,21,25)(H,22,24)/t17-/m0/s1. The smallest absolute Gasteiger partial charge is 0.291 e. The van der Waals surface area contributed by atoms with Gasteiger partial charge in [0, 0.05) is 24.5 Å². The van der Waals surface area contributed by atoms with Crippen LogP contribution in [0.25, 0.3) is 0 Å². The molecule has 0 bridgehead atoms. The molecule has 1 aliphatic rings. The number of hydrogen-bond donors (Lipinski definition) is 2. The van der Waals surface area contributed by atoms with Gasteiger partial charge in [0.1, 0.15) is 12.0 Å². The third kappa shape index (κ3) is 2.69. The van der Waals surface area contributed by atoms with E-state index in [0.29, 0.717) is 17.1 Å². The number of para-hydroxylation sites is 1. The Morgan fingerprint density at radius 3 is 2.85 bits per heavy atom. The van der Waals surface area contributed by atoms with Crippen LogP contribution in [0.4, 0.5) is 11.5 Å². The van der Waals surface area contributed by atoms with Crippen LogP contribution in [-0.4, -0.2) is 23.8 Å². The first-order valence-electron chi connectivity index (χ1n) is 8.07. The minimum Gasteiger partial charge on any atom is -0.459 e. The molecule has 2 amide bonds. The number of aromatic nitrogens is 1. The molecule has 130 valence electrons. The van der Waals surface area contributed by atoms with E-state index in [-0.39, 0.29) is 17.6 Å². The van der Waals surface area contributed by atoms with Crippen LogP contribution in [0, 0.1) is 0 Å². The van der Waals surface area contributed by atoms with E-state index in [9.17, 15) is 9.59 Å². The highest BCUT2D eigenvalue weighted by Gasteiger charge is 2.31. The second kappa shape index (κ2) is 6.36. The number of nitrogens with zero attached hydrogens (tertiary/aromatic N) is 2. The van der Waals surface area contributed by atoms with E-state index in [0.717, 1.165) is 5.56 Å².